The lowest BCUT2D eigenvalue weighted by atomic mass is 9.82. The van der Waals surface area contributed by atoms with Crippen LogP contribution in [0, 0.1) is 0 Å². The summed E-state index contributed by atoms with van der Waals surface area (Å²) < 4.78 is 0. The van der Waals surface area contributed by atoms with Crippen LogP contribution in [-0.4, -0.2) is 0 Å². The summed E-state index contributed by atoms with van der Waals surface area (Å²) in [7, 11) is 0. The summed E-state index contributed by atoms with van der Waals surface area (Å²) in [5.41, 5.74) is 14.5. The van der Waals surface area contributed by atoms with Gasteiger partial charge in [0.25, 0.3) is 0 Å². The number of fused-ring (bicyclic) bond motifs is 4. The molecule has 10 aromatic rings. The Kier molecular flexibility index (Phi) is 6.03. The average Bonchev–Trinajstić information content (AvgIpc) is 3.51. The molecule has 0 saturated carbocycles. The van der Waals surface area contributed by atoms with Crippen molar-refractivity contribution in [3.8, 4) is 55.6 Å². The minimum atomic E-state index is 0.101. The van der Waals surface area contributed by atoms with Gasteiger partial charge in [-0.3, -0.25) is 0 Å². The normalized spacial score (nSPS) is 12.5. The molecule has 0 heteroatoms. The third-order valence-corrected chi connectivity index (χ3v) is 11.6. The van der Waals surface area contributed by atoms with E-state index in [9.17, 15) is 0 Å². The van der Waals surface area contributed by atoms with Crippen LogP contribution in [-0.2, 0) is 5.41 Å². The summed E-state index contributed by atoms with van der Waals surface area (Å²) >= 11 is 0. The van der Waals surface area contributed by atoms with E-state index in [1.54, 1.807) is 0 Å². The van der Waals surface area contributed by atoms with Gasteiger partial charge in [-0.25, -0.2) is 0 Å². The van der Waals surface area contributed by atoms with Gasteiger partial charge < -0.3 is 0 Å². The molecule has 1 aliphatic carbocycles. The van der Waals surface area contributed by atoms with Crippen molar-refractivity contribution in [1.29, 1.82) is 0 Å². The molecule has 0 atom stereocenters. The Morgan fingerprint density at radius 1 is 0.308 bits per heavy atom. The highest BCUT2D eigenvalue weighted by Gasteiger charge is 2.31. The maximum absolute atomic E-state index is 2.42. The Balaban J connectivity index is 1.20. The Hall–Kier alpha value is -6.24. The average molecular weight is 661 g/mol. The fourth-order valence-electron chi connectivity index (χ4n) is 9.29. The molecule has 0 N–H and O–H groups in total. The Labute approximate surface area is 304 Å². The van der Waals surface area contributed by atoms with Gasteiger partial charge in [-0.05, 0) is 133 Å². The molecule has 0 radical (unpaired) electrons. The van der Waals surface area contributed by atoms with Gasteiger partial charge in [0.2, 0.25) is 0 Å². The molecule has 0 spiro atoms. The minimum absolute atomic E-state index is 0.101. The summed E-state index contributed by atoms with van der Waals surface area (Å²) in [6, 6.07) is 61.7. The van der Waals surface area contributed by atoms with E-state index in [1.165, 1.54) is 115 Å². The Morgan fingerprint density at radius 3 is 1.27 bits per heavy atom. The van der Waals surface area contributed by atoms with Crippen LogP contribution in [0.25, 0.3) is 109 Å². The third kappa shape index (κ3) is 4.10. The van der Waals surface area contributed by atoms with E-state index in [0.717, 1.165) is 0 Å². The number of hydrogen-bond donors (Lipinski definition) is 0. The molecule has 0 unspecified atom stereocenters. The number of hydrogen-bond acceptors (Lipinski definition) is 0. The second kappa shape index (κ2) is 10.6. The molecule has 52 heavy (non-hydrogen) atoms. The van der Waals surface area contributed by atoms with E-state index in [-0.39, 0.29) is 5.41 Å². The van der Waals surface area contributed by atoms with Crippen LogP contribution in [0.4, 0.5) is 0 Å². The summed E-state index contributed by atoms with van der Waals surface area (Å²) in [6.45, 7) is 6.90. The van der Waals surface area contributed by atoms with Crippen molar-refractivity contribution in [2.24, 2.45) is 0 Å². The van der Waals surface area contributed by atoms with Crippen LogP contribution in [0.15, 0.2) is 164 Å². The van der Waals surface area contributed by atoms with Crippen molar-refractivity contribution in [3.05, 3.63) is 169 Å². The van der Waals surface area contributed by atoms with Gasteiger partial charge in [0.1, 0.15) is 0 Å². The minimum Gasteiger partial charge on any atom is -0.0622 e. The third-order valence-electron chi connectivity index (χ3n) is 11.6. The predicted molar refractivity (Wildman–Crippen MR) is 225 cm³/mol. The standard InChI is InChI=1S/C52H36/c1-52(2,3)38-29-35-23-21-33-27-37(28-34-22-24-36(30-38)46(35)45(33)34)39-25-26-44-49-40(39)19-12-20-43(49)50-47(31-13-6-4-7-14-31)41-17-10-11-18-42(41)48(51(44)50)32-15-8-5-9-16-32/h4-30H,1-3H3. The highest BCUT2D eigenvalue weighted by Crippen LogP contribution is 2.58. The summed E-state index contributed by atoms with van der Waals surface area (Å²) in [6.07, 6.45) is 0. The number of benzene rings is 10. The van der Waals surface area contributed by atoms with Gasteiger partial charge in [0.05, 0.1) is 0 Å². The van der Waals surface area contributed by atoms with Crippen LogP contribution in [0.3, 0.4) is 0 Å². The zero-order valence-electron chi connectivity index (χ0n) is 29.6. The largest absolute Gasteiger partial charge is 0.0622 e. The smallest absolute Gasteiger partial charge is 0.000741 e. The van der Waals surface area contributed by atoms with Gasteiger partial charge in [-0.15, -0.1) is 0 Å². The lowest BCUT2D eigenvalue weighted by Gasteiger charge is -2.21. The molecule has 244 valence electrons. The van der Waals surface area contributed by atoms with Gasteiger partial charge in [0.15, 0.2) is 0 Å². The highest BCUT2D eigenvalue weighted by molar-refractivity contribution is 6.29. The zero-order valence-corrected chi connectivity index (χ0v) is 29.6. The Bertz CT molecular complexity index is 2910. The van der Waals surface area contributed by atoms with Gasteiger partial charge in [-0.1, -0.05) is 172 Å². The van der Waals surface area contributed by atoms with Crippen molar-refractivity contribution in [3.63, 3.8) is 0 Å². The van der Waals surface area contributed by atoms with E-state index in [4.69, 9.17) is 0 Å². The first kappa shape index (κ1) is 29.5. The monoisotopic (exact) mass is 660 g/mol. The molecular formula is C52H36. The first-order chi connectivity index (χ1) is 25.4. The summed E-state index contributed by atoms with van der Waals surface area (Å²) in [5.74, 6) is 0. The molecule has 0 nitrogen and oxygen atoms in total. The van der Waals surface area contributed by atoms with Crippen LogP contribution in [0.5, 0.6) is 0 Å². The number of rotatable bonds is 3. The maximum Gasteiger partial charge on any atom is -0.000741 e. The molecule has 0 aliphatic heterocycles. The van der Waals surface area contributed by atoms with E-state index in [1.807, 2.05) is 0 Å². The van der Waals surface area contributed by atoms with Crippen molar-refractivity contribution >= 4 is 53.9 Å². The molecular weight excluding hydrogens is 625 g/mol. The molecule has 0 fully saturated rings. The lowest BCUT2D eigenvalue weighted by Crippen LogP contribution is -2.10. The first-order valence-corrected chi connectivity index (χ1v) is 18.4. The SMILES string of the molecule is CC(C)(C)c1cc2ccc3cc(-c4ccc5c6c(cccc46)-c4c-5c(-c5ccccc5)c5ccccc5c4-c4ccccc4)cc4ccc(c1)c2c34. The quantitative estimate of drug-likeness (QED) is 0.165. The molecule has 1 aliphatic rings. The predicted octanol–water partition coefficient (Wildman–Crippen LogP) is 14.8. The van der Waals surface area contributed by atoms with E-state index in [0.29, 0.717) is 0 Å². The van der Waals surface area contributed by atoms with Crippen LogP contribution < -0.4 is 0 Å². The molecule has 0 saturated heterocycles. The fraction of sp³-hybridized carbons (Fsp3) is 0.0769. The molecule has 0 heterocycles. The summed E-state index contributed by atoms with van der Waals surface area (Å²) in [5, 5.41) is 13.2. The van der Waals surface area contributed by atoms with E-state index in [2.05, 4.69) is 185 Å². The fourth-order valence-corrected chi connectivity index (χ4v) is 9.29. The maximum atomic E-state index is 2.42. The van der Waals surface area contributed by atoms with Gasteiger partial charge in [0, 0.05) is 0 Å². The van der Waals surface area contributed by atoms with Crippen molar-refractivity contribution in [2.75, 3.05) is 0 Å². The van der Waals surface area contributed by atoms with E-state index >= 15 is 0 Å². The topological polar surface area (TPSA) is 0 Å². The van der Waals surface area contributed by atoms with E-state index < -0.39 is 0 Å². The molecule has 11 rings (SSSR count). The van der Waals surface area contributed by atoms with Gasteiger partial charge in [-0.2, -0.15) is 0 Å². The zero-order chi connectivity index (χ0) is 34.7. The molecule has 0 bridgehead atoms. The van der Waals surface area contributed by atoms with Crippen LogP contribution in [0.1, 0.15) is 26.3 Å². The van der Waals surface area contributed by atoms with Crippen molar-refractivity contribution in [2.45, 2.75) is 26.2 Å². The molecule has 0 amide bonds. The molecule has 0 aromatic heterocycles. The second-order valence-corrected chi connectivity index (χ2v) is 15.6. The van der Waals surface area contributed by atoms with Crippen LogP contribution >= 0.6 is 0 Å². The first-order valence-electron chi connectivity index (χ1n) is 18.4. The lowest BCUT2D eigenvalue weighted by molar-refractivity contribution is 0.591. The van der Waals surface area contributed by atoms with Crippen molar-refractivity contribution < 1.29 is 0 Å². The summed E-state index contributed by atoms with van der Waals surface area (Å²) in [4.78, 5) is 0. The van der Waals surface area contributed by atoms with Gasteiger partial charge >= 0.3 is 0 Å². The Morgan fingerprint density at radius 2 is 0.750 bits per heavy atom. The van der Waals surface area contributed by atoms with Crippen molar-refractivity contribution in [1.82, 2.24) is 0 Å². The molecule has 10 aromatic carbocycles. The van der Waals surface area contributed by atoms with Crippen LogP contribution in [0.2, 0.25) is 0 Å². The second-order valence-electron chi connectivity index (χ2n) is 15.6. The highest BCUT2D eigenvalue weighted by atomic mass is 14.3.